The Morgan fingerprint density at radius 1 is 1.29 bits per heavy atom. The Hall–Kier alpha value is -4.76. The average molecular weight is 679 g/mol. The number of aromatic nitrogens is 4. The average Bonchev–Trinajstić information content (AvgIpc) is 3.41. The van der Waals surface area contributed by atoms with Crippen LogP contribution in [0.15, 0.2) is 48.0 Å². The van der Waals surface area contributed by atoms with Crippen LogP contribution in [-0.2, 0) is 35.4 Å². The van der Waals surface area contributed by atoms with Crippen molar-refractivity contribution >= 4 is 75.7 Å². The molecular formula is C24H22N8O10S3. The van der Waals surface area contributed by atoms with Crippen LogP contribution in [0.2, 0.25) is 0 Å². The van der Waals surface area contributed by atoms with Crippen LogP contribution < -0.4 is 22.2 Å². The van der Waals surface area contributed by atoms with Gasteiger partial charge in [0.05, 0.1) is 6.54 Å². The number of hydrogen-bond donors (Lipinski definition) is 5. The summed E-state index contributed by atoms with van der Waals surface area (Å²) >= 11 is 3.00. The number of anilines is 1. The number of β-lactam (4-membered cyclic amide) rings is 1. The Morgan fingerprint density at radius 3 is 2.64 bits per heavy atom. The van der Waals surface area contributed by atoms with E-state index in [1.807, 2.05) is 5.10 Å². The van der Waals surface area contributed by atoms with E-state index in [2.05, 4.69) is 20.6 Å². The van der Waals surface area contributed by atoms with Gasteiger partial charge in [-0.2, -0.15) is 0 Å². The second kappa shape index (κ2) is 12.7. The van der Waals surface area contributed by atoms with Gasteiger partial charge >= 0.3 is 23.1 Å². The maximum atomic E-state index is 13.3. The van der Waals surface area contributed by atoms with Crippen molar-refractivity contribution in [2.24, 2.45) is 5.16 Å². The van der Waals surface area contributed by atoms with Crippen molar-refractivity contribution in [1.29, 1.82) is 0 Å². The number of carboxylic acids is 2. The number of amides is 2. The van der Waals surface area contributed by atoms with Gasteiger partial charge in [-0.1, -0.05) is 16.9 Å². The van der Waals surface area contributed by atoms with Crippen LogP contribution in [0.5, 0.6) is 0 Å². The standard InChI is InChI=1S/C24H22N8O10S3/c25-22-26-11(9-45-22)12(30-42-24(21(40)41)3-1-4-24)15(34)27-13-17(36)32-14(20(38)39)10(8-44-19(13)32)2-7-43-23-29-28-16(35)18(37)31(23)5-6-33/h2,6-7,9,13,19H,1,3-5,8H2,(H2,25,26)(H,27,34)(H,28,35)(H,38,39)(H,40,41). The van der Waals surface area contributed by atoms with E-state index in [0.29, 0.717) is 12.7 Å². The molecule has 2 unspecified atom stereocenters. The molecule has 4 heterocycles. The third-order valence-corrected chi connectivity index (χ3v) is 9.72. The summed E-state index contributed by atoms with van der Waals surface area (Å²) < 4.78 is 0.849. The first-order chi connectivity index (χ1) is 21.5. The molecule has 45 heavy (non-hydrogen) atoms. The highest BCUT2D eigenvalue weighted by Crippen LogP contribution is 2.41. The number of aldehydes is 1. The second-order valence-electron chi connectivity index (χ2n) is 9.63. The van der Waals surface area contributed by atoms with Gasteiger partial charge in [0.25, 0.3) is 11.8 Å². The number of carbonyl (C=O) groups is 5. The number of carbonyl (C=O) groups excluding carboxylic acids is 3. The number of allylic oxidation sites excluding steroid dienone is 1. The summed E-state index contributed by atoms with van der Waals surface area (Å²) in [6.07, 6.45) is 2.78. The number of carboxylic acid groups (broad SMARTS) is 2. The molecule has 2 aromatic rings. The van der Waals surface area contributed by atoms with E-state index in [1.165, 1.54) is 28.6 Å². The molecule has 18 nitrogen and oxygen atoms in total. The topological polar surface area (TPSA) is 269 Å². The van der Waals surface area contributed by atoms with Crippen LogP contribution in [0.1, 0.15) is 25.0 Å². The van der Waals surface area contributed by atoms with Gasteiger partial charge in [-0.15, -0.1) is 28.2 Å². The zero-order chi connectivity index (χ0) is 32.5. The normalized spacial score (nSPS) is 20.7. The van der Waals surface area contributed by atoms with Crippen LogP contribution in [0.3, 0.4) is 0 Å². The van der Waals surface area contributed by atoms with Crippen molar-refractivity contribution < 1.29 is 39.0 Å². The number of oxime groups is 1. The lowest BCUT2D eigenvalue weighted by molar-refractivity contribution is -0.178. The molecule has 0 radical (unpaired) electrons. The summed E-state index contributed by atoms with van der Waals surface area (Å²) in [5.74, 6) is -4.17. The zero-order valence-corrected chi connectivity index (χ0v) is 25.1. The number of aliphatic carboxylic acids is 2. The molecule has 2 atom stereocenters. The summed E-state index contributed by atoms with van der Waals surface area (Å²) in [4.78, 5) is 95.3. The smallest absolute Gasteiger partial charge is 0.352 e. The van der Waals surface area contributed by atoms with Gasteiger partial charge < -0.3 is 30.9 Å². The van der Waals surface area contributed by atoms with Crippen molar-refractivity contribution in [1.82, 2.24) is 30.0 Å². The summed E-state index contributed by atoms with van der Waals surface area (Å²) in [5.41, 5.74) is 1.61. The van der Waals surface area contributed by atoms with Crippen LogP contribution in [0.4, 0.5) is 5.13 Å². The van der Waals surface area contributed by atoms with E-state index in [0.717, 1.165) is 32.6 Å². The molecule has 1 saturated heterocycles. The lowest BCUT2D eigenvalue weighted by Gasteiger charge is -2.49. The van der Waals surface area contributed by atoms with E-state index in [4.69, 9.17) is 10.6 Å². The van der Waals surface area contributed by atoms with E-state index >= 15 is 0 Å². The second-order valence-corrected chi connectivity index (χ2v) is 12.5. The van der Waals surface area contributed by atoms with Crippen molar-refractivity contribution in [2.75, 3.05) is 11.5 Å². The highest BCUT2D eigenvalue weighted by molar-refractivity contribution is 8.02. The molecule has 21 heteroatoms. The number of rotatable bonds is 12. The molecule has 0 bridgehead atoms. The summed E-state index contributed by atoms with van der Waals surface area (Å²) in [5, 5.41) is 33.7. The van der Waals surface area contributed by atoms with Crippen molar-refractivity contribution in [3.8, 4) is 0 Å². The molecule has 236 valence electrons. The maximum Gasteiger partial charge on any atom is 0.352 e. The monoisotopic (exact) mass is 678 g/mol. The van der Waals surface area contributed by atoms with Gasteiger partial charge in [0, 0.05) is 24.0 Å². The van der Waals surface area contributed by atoms with E-state index in [9.17, 15) is 43.8 Å². The molecule has 2 fully saturated rings. The third-order valence-electron chi connectivity index (χ3n) is 6.95. The van der Waals surface area contributed by atoms with Gasteiger partial charge in [-0.05, 0) is 23.5 Å². The van der Waals surface area contributed by atoms with Crippen molar-refractivity contribution in [3.63, 3.8) is 0 Å². The first-order valence-electron chi connectivity index (χ1n) is 12.9. The Balaban J connectivity index is 1.34. The number of nitrogens with two attached hydrogens (primary N) is 1. The maximum absolute atomic E-state index is 13.3. The summed E-state index contributed by atoms with van der Waals surface area (Å²) in [7, 11) is 0. The summed E-state index contributed by atoms with van der Waals surface area (Å²) in [6.45, 7) is -0.420. The van der Waals surface area contributed by atoms with Crippen molar-refractivity contribution in [2.45, 2.75) is 48.0 Å². The predicted octanol–water partition coefficient (Wildman–Crippen LogP) is -1.06. The fourth-order valence-electron chi connectivity index (χ4n) is 4.48. The highest BCUT2D eigenvalue weighted by atomic mass is 32.2. The van der Waals surface area contributed by atoms with E-state index in [1.54, 1.807) is 0 Å². The van der Waals surface area contributed by atoms with Gasteiger partial charge in [-0.3, -0.25) is 28.6 Å². The number of H-pyrrole nitrogens is 1. The van der Waals surface area contributed by atoms with Crippen LogP contribution in [-0.4, -0.2) is 93.4 Å². The Morgan fingerprint density at radius 2 is 2.04 bits per heavy atom. The number of nitrogens with zero attached hydrogens (tertiary/aromatic N) is 5. The van der Waals surface area contributed by atoms with Gasteiger partial charge in [-0.25, -0.2) is 19.7 Å². The number of aromatic amines is 1. The predicted molar refractivity (Wildman–Crippen MR) is 158 cm³/mol. The number of nitrogen functional groups attached to an aromatic ring is 1. The zero-order valence-electron chi connectivity index (χ0n) is 22.7. The lowest BCUT2D eigenvalue weighted by Crippen LogP contribution is -2.71. The fourth-order valence-corrected chi connectivity index (χ4v) is 7.08. The largest absolute Gasteiger partial charge is 0.478 e. The minimum absolute atomic E-state index is 0.00127. The van der Waals surface area contributed by atoms with E-state index in [-0.39, 0.29) is 45.8 Å². The molecular weight excluding hydrogens is 657 g/mol. The third kappa shape index (κ3) is 6.00. The van der Waals surface area contributed by atoms with Crippen LogP contribution in [0, 0.1) is 0 Å². The molecule has 1 aliphatic carbocycles. The molecule has 0 aromatic carbocycles. The first-order valence-corrected chi connectivity index (χ1v) is 15.7. The molecule has 3 aliphatic rings. The molecule has 1 saturated carbocycles. The number of nitrogens with one attached hydrogen (secondary N) is 2. The van der Waals surface area contributed by atoms with Gasteiger partial charge in [0.2, 0.25) is 5.60 Å². The van der Waals surface area contributed by atoms with Crippen LogP contribution >= 0.6 is 34.9 Å². The van der Waals surface area contributed by atoms with Gasteiger partial charge in [0.1, 0.15) is 29.1 Å². The summed E-state index contributed by atoms with van der Waals surface area (Å²) in [6, 6.07) is -1.15. The molecule has 2 amide bonds. The number of fused-ring (bicyclic) bond motifs is 1. The Kier molecular flexibility index (Phi) is 8.93. The molecule has 5 rings (SSSR count). The Bertz CT molecular complexity index is 1810. The molecule has 2 aliphatic heterocycles. The quantitative estimate of drug-likeness (QED) is 0.0447. The molecule has 6 N–H and O–H groups in total. The molecule has 0 spiro atoms. The molecule has 2 aromatic heterocycles. The minimum atomic E-state index is -1.58. The number of thioether (sulfide) groups is 2. The SMILES string of the molecule is Nc1nc(C(=NOC2(C(=O)O)CCC2)C(=O)NC2C(=O)N3C(C(=O)O)=C(C=CSc4n[nH]c(=O)c(=O)n4CC=O)CSC23)cs1. The van der Waals surface area contributed by atoms with Gasteiger partial charge in [0.15, 0.2) is 16.0 Å². The lowest BCUT2D eigenvalue weighted by atomic mass is 9.80. The fraction of sp³-hybridized carbons (Fsp3) is 0.333. The van der Waals surface area contributed by atoms with Crippen molar-refractivity contribution in [3.05, 3.63) is 54.5 Å². The number of thiazole rings is 1. The minimum Gasteiger partial charge on any atom is -0.478 e. The highest BCUT2D eigenvalue weighted by Gasteiger charge is 2.54. The van der Waals surface area contributed by atoms with E-state index < -0.39 is 64.1 Å². The Labute approximate surface area is 263 Å². The van der Waals surface area contributed by atoms with Crippen LogP contribution in [0.25, 0.3) is 0 Å². The first kappa shape index (κ1) is 31.7. The number of hydrogen-bond acceptors (Lipinski definition) is 15.